The van der Waals surface area contributed by atoms with Gasteiger partial charge in [0, 0.05) is 10.6 Å². The van der Waals surface area contributed by atoms with Crippen LogP contribution >= 0.6 is 11.8 Å². The summed E-state index contributed by atoms with van der Waals surface area (Å²) in [6, 6.07) is 7.45. The van der Waals surface area contributed by atoms with Crippen molar-refractivity contribution in [1.29, 1.82) is 0 Å². The molecule has 1 N–H and O–H groups in total. The fraction of sp³-hybridized carbons (Fsp3) is 0.400. The van der Waals surface area contributed by atoms with Gasteiger partial charge in [0.25, 0.3) is 0 Å². The predicted octanol–water partition coefficient (Wildman–Crippen LogP) is 2.92. The standard InChI is InChI=1S/C10H10F3NOS/c11-10(12,13)6-15-14-8-5-16-9-4-2-1-3-7(8)9/h1-4,8,14H,5-6H2. The summed E-state index contributed by atoms with van der Waals surface area (Å²) in [6.45, 7) is -1.27. The van der Waals surface area contributed by atoms with E-state index in [1.54, 1.807) is 11.8 Å². The van der Waals surface area contributed by atoms with Crippen LogP contribution in [0.1, 0.15) is 11.6 Å². The monoisotopic (exact) mass is 249 g/mol. The quantitative estimate of drug-likeness (QED) is 0.832. The Morgan fingerprint density at radius 2 is 2.12 bits per heavy atom. The summed E-state index contributed by atoms with van der Waals surface area (Å²) in [5.74, 6) is 0.692. The zero-order valence-corrected chi connectivity index (χ0v) is 9.07. The molecule has 0 saturated heterocycles. The van der Waals surface area contributed by atoms with Gasteiger partial charge in [-0.3, -0.25) is 4.84 Å². The summed E-state index contributed by atoms with van der Waals surface area (Å²) in [7, 11) is 0. The average Bonchev–Trinajstić information content (AvgIpc) is 2.60. The van der Waals surface area contributed by atoms with Crippen LogP contribution < -0.4 is 5.48 Å². The van der Waals surface area contributed by atoms with Crippen molar-refractivity contribution in [2.75, 3.05) is 12.4 Å². The Morgan fingerprint density at radius 3 is 2.88 bits per heavy atom. The molecule has 1 aromatic rings. The first kappa shape index (κ1) is 11.8. The highest BCUT2D eigenvalue weighted by atomic mass is 32.2. The molecule has 0 saturated carbocycles. The normalized spacial score (nSPS) is 19.8. The third-order valence-electron chi connectivity index (χ3n) is 2.16. The van der Waals surface area contributed by atoms with Crippen LogP contribution in [0.3, 0.4) is 0 Å². The molecule has 1 aliphatic heterocycles. The summed E-state index contributed by atoms with van der Waals surface area (Å²) in [4.78, 5) is 5.54. The zero-order valence-electron chi connectivity index (χ0n) is 8.25. The molecule has 1 unspecified atom stereocenters. The lowest BCUT2D eigenvalue weighted by Gasteiger charge is -2.14. The number of fused-ring (bicyclic) bond motifs is 1. The Balaban J connectivity index is 1.89. The predicted molar refractivity (Wildman–Crippen MR) is 55.0 cm³/mol. The van der Waals surface area contributed by atoms with Gasteiger partial charge in [0.2, 0.25) is 0 Å². The van der Waals surface area contributed by atoms with Gasteiger partial charge in [0.1, 0.15) is 0 Å². The largest absolute Gasteiger partial charge is 0.413 e. The van der Waals surface area contributed by atoms with Crippen molar-refractivity contribution in [3.8, 4) is 0 Å². The second-order valence-electron chi connectivity index (χ2n) is 3.42. The van der Waals surface area contributed by atoms with E-state index in [2.05, 4.69) is 10.3 Å². The topological polar surface area (TPSA) is 21.3 Å². The third-order valence-corrected chi connectivity index (χ3v) is 3.34. The Kier molecular flexibility index (Phi) is 3.41. The SMILES string of the molecule is FC(F)(F)CONC1CSc2ccccc21. The molecule has 0 bridgehead atoms. The summed E-state index contributed by atoms with van der Waals surface area (Å²) >= 11 is 1.61. The van der Waals surface area contributed by atoms with Gasteiger partial charge in [-0.1, -0.05) is 18.2 Å². The van der Waals surface area contributed by atoms with Crippen molar-refractivity contribution in [1.82, 2.24) is 5.48 Å². The van der Waals surface area contributed by atoms with Gasteiger partial charge in [0.05, 0.1) is 6.04 Å². The highest BCUT2D eigenvalue weighted by molar-refractivity contribution is 7.99. The zero-order chi connectivity index (χ0) is 11.6. The summed E-state index contributed by atoms with van der Waals surface area (Å²) in [6.07, 6.45) is -4.29. The van der Waals surface area contributed by atoms with Gasteiger partial charge in [-0.15, -0.1) is 11.8 Å². The van der Waals surface area contributed by atoms with E-state index in [0.29, 0.717) is 5.75 Å². The lowest BCUT2D eigenvalue weighted by Crippen LogP contribution is -2.28. The van der Waals surface area contributed by atoms with Gasteiger partial charge < -0.3 is 0 Å². The molecule has 0 fully saturated rings. The highest BCUT2D eigenvalue weighted by Crippen LogP contribution is 2.37. The molecule has 1 aliphatic rings. The molecule has 1 atom stereocenters. The smallest absolute Gasteiger partial charge is 0.292 e. The number of rotatable bonds is 3. The Hall–Kier alpha value is -0.720. The second kappa shape index (κ2) is 4.65. The van der Waals surface area contributed by atoms with E-state index in [4.69, 9.17) is 0 Å². The van der Waals surface area contributed by atoms with Gasteiger partial charge >= 0.3 is 6.18 Å². The minimum atomic E-state index is -4.29. The molecule has 6 heteroatoms. The molecule has 88 valence electrons. The summed E-state index contributed by atoms with van der Waals surface area (Å²) in [5, 5.41) is 0. The van der Waals surface area contributed by atoms with E-state index in [-0.39, 0.29) is 6.04 Å². The van der Waals surface area contributed by atoms with Crippen molar-refractivity contribution >= 4 is 11.8 Å². The molecule has 0 spiro atoms. The van der Waals surface area contributed by atoms with Crippen LogP contribution in [0.5, 0.6) is 0 Å². The number of hydroxylamine groups is 1. The molecule has 0 radical (unpaired) electrons. The van der Waals surface area contributed by atoms with Crippen molar-refractivity contribution in [3.63, 3.8) is 0 Å². The molecule has 16 heavy (non-hydrogen) atoms. The molecule has 0 aromatic heterocycles. The highest BCUT2D eigenvalue weighted by Gasteiger charge is 2.29. The maximum absolute atomic E-state index is 11.9. The van der Waals surface area contributed by atoms with Crippen LogP contribution in [0.15, 0.2) is 29.2 Å². The van der Waals surface area contributed by atoms with Crippen LogP contribution in [0, 0.1) is 0 Å². The van der Waals surface area contributed by atoms with Crippen LogP contribution in [0.25, 0.3) is 0 Å². The van der Waals surface area contributed by atoms with Crippen LogP contribution in [0.2, 0.25) is 0 Å². The Morgan fingerprint density at radius 1 is 1.38 bits per heavy atom. The Labute approximate surface area is 95.1 Å². The molecular weight excluding hydrogens is 239 g/mol. The number of hydrogen-bond donors (Lipinski definition) is 1. The van der Waals surface area contributed by atoms with Crippen molar-refractivity contribution in [3.05, 3.63) is 29.8 Å². The second-order valence-corrected chi connectivity index (χ2v) is 4.48. The van der Waals surface area contributed by atoms with Crippen molar-refractivity contribution in [2.24, 2.45) is 0 Å². The van der Waals surface area contributed by atoms with E-state index in [0.717, 1.165) is 10.5 Å². The number of thioether (sulfide) groups is 1. The molecule has 2 rings (SSSR count). The van der Waals surface area contributed by atoms with Crippen LogP contribution in [0.4, 0.5) is 13.2 Å². The molecular formula is C10H10F3NOS. The lowest BCUT2D eigenvalue weighted by atomic mass is 10.1. The first-order valence-corrected chi connectivity index (χ1v) is 5.70. The fourth-order valence-corrected chi connectivity index (χ4v) is 2.63. The van der Waals surface area contributed by atoms with E-state index in [9.17, 15) is 13.2 Å². The molecule has 0 aliphatic carbocycles. The maximum atomic E-state index is 11.9. The number of alkyl halides is 3. The van der Waals surface area contributed by atoms with Gasteiger partial charge in [-0.25, -0.2) is 0 Å². The first-order valence-electron chi connectivity index (χ1n) is 4.72. The molecule has 1 heterocycles. The van der Waals surface area contributed by atoms with Gasteiger partial charge in [0.15, 0.2) is 6.61 Å². The molecule has 0 amide bonds. The fourth-order valence-electron chi connectivity index (χ4n) is 1.48. The van der Waals surface area contributed by atoms with Crippen molar-refractivity contribution in [2.45, 2.75) is 17.1 Å². The van der Waals surface area contributed by atoms with E-state index in [1.807, 2.05) is 24.3 Å². The minimum absolute atomic E-state index is 0.163. The third kappa shape index (κ3) is 2.90. The van der Waals surface area contributed by atoms with Gasteiger partial charge in [-0.2, -0.15) is 18.7 Å². The number of benzene rings is 1. The van der Waals surface area contributed by atoms with Crippen LogP contribution in [-0.2, 0) is 4.84 Å². The summed E-state index contributed by atoms with van der Waals surface area (Å²) in [5.41, 5.74) is 3.45. The minimum Gasteiger partial charge on any atom is -0.292 e. The maximum Gasteiger partial charge on any atom is 0.413 e. The van der Waals surface area contributed by atoms with Gasteiger partial charge in [-0.05, 0) is 11.6 Å². The average molecular weight is 249 g/mol. The van der Waals surface area contributed by atoms with Crippen molar-refractivity contribution < 1.29 is 18.0 Å². The number of nitrogens with one attached hydrogen (secondary N) is 1. The molecule has 2 nitrogen and oxygen atoms in total. The van der Waals surface area contributed by atoms with E-state index < -0.39 is 12.8 Å². The van der Waals surface area contributed by atoms with Crippen LogP contribution in [-0.4, -0.2) is 18.5 Å². The van der Waals surface area contributed by atoms with E-state index in [1.165, 1.54) is 0 Å². The number of hydrogen-bond acceptors (Lipinski definition) is 3. The van der Waals surface area contributed by atoms with E-state index >= 15 is 0 Å². The Bertz CT molecular complexity index is 369. The lowest BCUT2D eigenvalue weighted by molar-refractivity contribution is -0.192. The summed E-state index contributed by atoms with van der Waals surface area (Å²) < 4.78 is 35.6. The molecule has 1 aromatic carbocycles. The first-order chi connectivity index (χ1) is 7.56. The number of halogens is 3.